The van der Waals surface area contributed by atoms with E-state index < -0.39 is 0 Å². The summed E-state index contributed by atoms with van der Waals surface area (Å²) in [5.41, 5.74) is 0. The molecule has 0 bridgehead atoms. The number of ether oxygens (including phenoxy) is 8. The van der Waals surface area contributed by atoms with E-state index in [9.17, 15) is 0 Å². The van der Waals surface area contributed by atoms with Gasteiger partial charge in [0, 0.05) is 39.6 Å². The monoisotopic (exact) mass is 516 g/mol. The Hall–Kier alpha value is -0.320. The van der Waals surface area contributed by atoms with E-state index in [-0.39, 0.29) is 24.8 Å². The van der Waals surface area contributed by atoms with E-state index in [2.05, 4.69) is 0 Å². The normalized spacial score (nSPS) is 25.2. The summed E-state index contributed by atoms with van der Waals surface area (Å²) in [4.78, 5) is 0. The molecule has 0 N–H and O–H groups in total. The largest absolute Gasteiger partial charge is 0.379 e. The molecule has 3 saturated heterocycles. The molecule has 3 aliphatic heterocycles. The molecule has 3 atom stereocenters. The summed E-state index contributed by atoms with van der Waals surface area (Å²) in [5.74, 6) is 0. The summed E-state index contributed by atoms with van der Waals surface area (Å²) in [5, 5.41) is 0. The minimum Gasteiger partial charge on any atom is -0.379 e. The van der Waals surface area contributed by atoms with Crippen LogP contribution in [-0.4, -0.2) is 90.9 Å². The maximum absolute atomic E-state index is 5.97. The Kier molecular flexibility index (Phi) is 17.3. The highest BCUT2D eigenvalue weighted by atomic mass is 16.7. The highest BCUT2D eigenvalue weighted by Crippen LogP contribution is 2.16. The van der Waals surface area contributed by atoms with Gasteiger partial charge in [0.2, 0.25) is 0 Å². The molecule has 0 aromatic heterocycles. The molecular weight excluding hydrogens is 464 g/mol. The lowest BCUT2D eigenvalue weighted by molar-refractivity contribution is -0.163. The molecule has 36 heavy (non-hydrogen) atoms. The number of epoxide rings is 1. The van der Waals surface area contributed by atoms with Crippen molar-refractivity contribution in [3.05, 3.63) is 0 Å². The Balaban J connectivity index is 1.09. The number of hydrogen-bond acceptors (Lipinski definition) is 8. The van der Waals surface area contributed by atoms with Gasteiger partial charge in [-0.15, -0.1) is 0 Å². The molecule has 0 amide bonds. The highest BCUT2D eigenvalue weighted by Gasteiger charge is 2.24. The van der Waals surface area contributed by atoms with Crippen molar-refractivity contribution in [2.24, 2.45) is 0 Å². The lowest BCUT2D eigenvalue weighted by Gasteiger charge is -2.22. The lowest BCUT2D eigenvalue weighted by Crippen LogP contribution is -2.28. The van der Waals surface area contributed by atoms with E-state index in [1.807, 2.05) is 0 Å². The van der Waals surface area contributed by atoms with Crippen LogP contribution in [0.25, 0.3) is 0 Å². The Morgan fingerprint density at radius 2 is 1.08 bits per heavy atom. The lowest BCUT2D eigenvalue weighted by atomic mass is 10.2. The summed E-state index contributed by atoms with van der Waals surface area (Å²) < 4.78 is 45.8. The second kappa shape index (κ2) is 20.6. The average molecular weight is 517 g/mol. The molecule has 3 aliphatic rings. The van der Waals surface area contributed by atoms with E-state index in [1.165, 1.54) is 38.5 Å². The number of hydrogen-bond donors (Lipinski definition) is 0. The molecule has 8 heteroatoms. The van der Waals surface area contributed by atoms with Gasteiger partial charge in [-0.05, 0) is 64.2 Å². The van der Waals surface area contributed by atoms with Gasteiger partial charge in [-0.1, -0.05) is 25.7 Å². The van der Waals surface area contributed by atoms with Gasteiger partial charge in [0.25, 0.3) is 0 Å². The van der Waals surface area contributed by atoms with Crippen molar-refractivity contribution in [1.82, 2.24) is 0 Å². The predicted octanol–water partition coefficient (Wildman–Crippen LogP) is 5.01. The Bertz CT molecular complexity index is 456. The standard InChI is InChI=1S/C28H52O8/c1(3-9-17-31-27-13-5-11-19-33-27)7-15-29-21-25(35-23-26-24-36-26)22-30-16-8-2-4-10-18-32-28-14-6-12-20-34-28/h25-28H,1-24H2. The van der Waals surface area contributed by atoms with Gasteiger partial charge in [-0.25, -0.2) is 0 Å². The maximum Gasteiger partial charge on any atom is 0.157 e. The predicted molar refractivity (Wildman–Crippen MR) is 137 cm³/mol. The SMILES string of the molecule is C(CCCOC1CCCCO1)CCOCC(COCCCCCCOC1CCCCO1)OCC1CO1. The summed E-state index contributed by atoms with van der Waals surface area (Å²) in [6.45, 7) is 7.41. The fourth-order valence-corrected chi connectivity index (χ4v) is 4.42. The van der Waals surface area contributed by atoms with Crippen molar-refractivity contribution in [1.29, 1.82) is 0 Å². The molecule has 3 unspecified atom stereocenters. The summed E-state index contributed by atoms with van der Waals surface area (Å²) in [7, 11) is 0. The Morgan fingerprint density at radius 3 is 1.53 bits per heavy atom. The zero-order valence-corrected chi connectivity index (χ0v) is 22.5. The molecule has 3 rings (SSSR count). The molecule has 3 heterocycles. The van der Waals surface area contributed by atoms with Gasteiger partial charge < -0.3 is 37.9 Å². The van der Waals surface area contributed by atoms with Crippen molar-refractivity contribution in [2.45, 2.75) is 115 Å². The van der Waals surface area contributed by atoms with Crippen LogP contribution in [0, 0.1) is 0 Å². The minimum absolute atomic E-state index is 0.0259. The first-order valence-corrected chi connectivity index (χ1v) is 14.8. The molecule has 212 valence electrons. The van der Waals surface area contributed by atoms with Crippen LogP contribution >= 0.6 is 0 Å². The number of rotatable bonds is 23. The fourth-order valence-electron chi connectivity index (χ4n) is 4.42. The van der Waals surface area contributed by atoms with E-state index in [1.54, 1.807) is 0 Å². The zero-order chi connectivity index (χ0) is 24.9. The third-order valence-corrected chi connectivity index (χ3v) is 6.78. The van der Waals surface area contributed by atoms with Crippen molar-refractivity contribution in [3.63, 3.8) is 0 Å². The summed E-state index contributed by atoms with van der Waals surface area (Å²) in [6.07, 6.45) is 16.1. The summed E-state index contributed by atoms with van der Waals surface area (Å²) in [6, 6.07) is 0. The molecule has 0 aliphatic carbocycles. The van der Waals surface area contributed by atoms with E-state index in [0.717, 1.165) is 97.6 Å². The second-order valence-corrected chi connectivity index (χ2v) is 10.2. The molecule has 0 aromatic carbocycles. The first-order valence-electron chi connectivity index (χ1n) is 14.8. The van der Waals surface area contributed by atoms with E-state index >= 15 is 0 Å². The van der Waals surface area contributed by atoms with Gasteiger partial charge in [-0.3, -0.25) is 0 Å². The van der Waals surface area contributed by atoms with Crippen LogP contribution in [0.4, 0.5) is 0 Å². The summed E-state index contributed by atoms with van der Waals surface area (Å²) >= 11 is 0. The van der Waals surface area contributed by atoms with E-state index in [0.29, 0.717) is 19.8 Å². The Morgan fingerprint density at radius 1 is 0.583 bits per heavy atom. The zero-order valence-electron chi connectivity index (χ0n) is 22.5. The van der Waals surface area contributed by atoms with Crippen molar-refractivity contribution in [3.8, 4) is 0 Å². The fraction of sp³-hybridized carbons (Fsp3) is 1.00. The minimum atomic E-state index is -0.0259. The van der Waals surface area contributed by atoms with Crippen LogP contribution in [0.1, 0.15) is 89.9 Å². The molecule has 0 spiro atoms. The van der Waals surface area contributed by atoms with Crippen molar-refractivity contribution in [2.75, 3.05) is 66.1 Å². The highest BCUT2D eigenvalue weighted by molar-refractivity contribution is 4.69. The average Bonchev–Trinajstić information content (AvgIpc) is 3.75. The number of unbranched alkanes of at least 4 members (excludes halogenated alkanes) is 6. The van der Waals surface area contributed by atoms with Gasteiger partial charge >= 0.3 is 0 Å². The van der Waals surface area contributed by atoms with Gasteiger partial charge in [0.05, 0.1) is 26.4 Å². The van der Waals surface area contributed by atoms with Crippen LogP contribution in [-0.2, 0) is 37.9 Å². The van der Waals surface area contributed by atoms with Gasteiger partial charge in [0.15, 0.2) is 12.6 Å². The maximum atomic E-state index is 5.97. The first kappa shape index (κ1) is 30.2. The smallest absolute Gasteiger partial charge is 0.157 e. The van der Waals surface area contributed by atoms with Crippen molar-refractivity contribution >= 4 is 0 Å². The van der Waals surface area contributed by atoms with Crippen LogP contribution < -0.4 is 0 Å². The topological polar surface area (TPSA) is 77.1 Å². The third kappa shape index (κ3) is 15.8. The molecule has 3 fully saturated rings. The van der Waals surface area contributed by atoms with Gasteiger partial charge in [0.1, 0.15) is 12.2 Å². The first-order chi connectivity index (χ1) is 17.9. The van der Waals surface area contributed by atoms with Crippen LogP contribution in [0.5, 0.6) is 0 Å². The molecular formula is C28H52O8. The van der Waals surface area contributed by atoms with E-state index in [4.69, 9.17) is 37.9 Å². The van der Waals surface area contributed by atoms with Crippen LogP contribution in [0.3, 0.4) is 0 Å². The molecule has 0 radical (unpaired) electrons. The van der Waals surface area contributed by atoms with Crippen molar-refractivity contribution < 1.29 is 37.9 Å². The third-order valence-electron chi connectivity index (χ3n) is 6.78. The van der Waals surface area contributed by atoms with Crippen LogP contribution in [0.2, 0.25) is 0 Å². The second-order valence-electron chi connectivity index (χ2n) is 10.2. The van der Waals surface area contributed by atoms with Crippen LogP contribution in [0.15, 0.2) is 0 Å². The quantitative estimate of drug-likeness (QED) is 0.139. The Labute approximate surface area is 218 Å². The molecule has 0 aromatic rings. The molecule has 0 saturated carbocycles. The molecule has 8 nitrogen and oxygen atoms in total. The van der Waals surface area contributed by atoms with Gasteiger partial charge in [-0.2, -0.15) is 0 Å².